The van der Waals surface area contributed by atoms with Crippen molar-refractivity contribution in [2.24, 2.45) is 5.92 Å². The molecule has 0 aromatic rings. The quantitative estimate of drug-likeness (QED) is 0.734. The van der Waals surface area contributed by atoms with Gasteiger partial charge in [0.1, 0.15) is 0 Å². The van der Waals surface area contributed by atoms with E-state index in [4.69, 9.17) is 4.74 Å². The van der Waals surface area contributed by atoms with Crippen molar-refractivity contribution < 1.29 is 9.53 Å². The van der Waals surface area contributed by atoms with E-state index in [2.05, 4.69) is 31.0 Å². The average molecular weight is 256 g/mol. The molecule has 1 fully saturated rings. The minimum Gasteiger partial charge on any atom is -0.469 e. The number of nitrogens with one attached hydrogen (secondary N) is 1. The molecule has 18 heavy (non-hydrogen) atoms. The highest BCUT2D eigenvalue weighted by atomic mass is 16.5. The van der Waals surface area contributed by atoms with Crippen molar-refractivity contribution in [2.45, 2.75) is 52.1 Å². The minimum atomic E-state index is -0.113. The van der Waals surface area contributed by atoms with Gasteiger partial charge in [-0.2, -0.15) is 0 Å². The summed E-state index contributed by atoms with van der Waals surface area (Å²) in [6, 6.07) is 0.729. The van der Waals surface area contributed by atoms with Crippen LogP contribution in [-0.4, -0.2) is 49.7 Å². The molecule has 1 aliphatic rings. The molecule has 0 bridgehead atoms. The predicted octanol–water partition coefficient (Wildman–Crippen LogP) is 1.65. The SMILES string of the molecule is COC(=O)CC(C)N(CC1CCNCC1)C(C)C. The van der Waals surface area contributed by atoms with E-state index in [1.165, 1.54) is 20.0 Å². The van der Waals surface area contributed by atoms with E-state index in [0.717, 1.165) is 25.6 Å². The second-order valence-electron chi connectivity index (χ2n) is 5.61. The molecule has 1 saturated heterocycles. The normalized spacial score (nSPS) is 19.2. The molecule has 0 saturated carbocycles. The first-order valence-corrected chi connectivity index (χ1v) is 7.07. The highest BCUT2D eigenvalue weighted by Gasteiger charge is 2.24. The first-order chi connectivity index (χ1) is 8.54. The topological polar surface area (TPSA) is 41.6 Å². The van der Waals surface area contributed by atoms with Gasteiger partial charge in [0.15, 0.2) is 0 Å². The average Bonchev–Trinajstić information content (AvgIpc) is 2.36. The summed E-state index contributed by atoms with van der Waals surface area (Å²) < 4.78 is 4.77. The van der Waals surface area contributed by atoms with Gasteiger partial charge >= 0.3 is 5.97 Å². The molecule has 1 heterocycles. The highest BCUT2D eigenvalue weighted by Crippen LogP contribution is 2.18. The standard InChI is InChI=1S/C14H28N2O2/c1-11(2)16(12(3)9-14(17)18-4)10-13-5-7-15-8-6-13/h11-13,15H,5-10H2,1-4H3. The van der Waals surface area contributed by atoms with Crippen LogP contribution < -0.4 is 5.32 Å². The number of ether oxygens (including phenoxy) is 1. The fraction of sp³-hybridized carbons (Fsp3) is 0.929. The largest absolute Gasteiger partial charge is 0.469 e. The number of hydrogen-bond acceptors (Lipinski definition) is 4. The zero-order valence-corrected chi connectivity index (χ0v) is 12.2. The van der Waals surface area contributed by atoms with Gasteiger partial charge in [0, 0.05) is 18.6 Å². The molecule has 1 N–H and O–H groups in total. The molecule has 1 rings (SSSR count). The van der Waals surface area contributed by atoms with Gasteiger partial charge in [-0.3, -0.25) is 9.69 Å². The Morgan fingerprint density at radius 2 is 1.94 bits per heavy atom. The molecule has 0 aromatic carbocycles. The van der Waals surface area contributed by atoms with Crippen LogP contribution in [0.25, 0.3) is 0 Å². The molecule has 0 amide bonds. The van der Waals surface area contributed by atoms with E-state index in [9.17, 15) is 4.79 Å². The summed E-state index contributed by atoms with van der Waals surface area (Å²) in [5, 5.41) is 3.40. The molecule has 1 unspecified atom stereocenters. The van der Waals surface area contributed by atoms with Gasteiger partial charge < -0.3 is 10.1 Å². The van der Waals surface area contributed by atoms with Crippen LogP contribution in [0.4, 0.5) is 0 Å². The Morgan fingerprint density at radius 3 is 2.44 bits per heavy atom. The Morgan fingerprint density at radius 1 is 1.33 bits per heavy atom. The van der Waals surface area contributed by atoms with Crippen LogP contribution >= 0.6 is 0 Å². The number of rotatable bonds is 6. The maximum Gasteiger partial charge on any atom is 0.307 e. The Labute approximate surface area is 111 Å². The Kier molecular flexibility index (Phi) is 6.65. The van der Waals surface area contributed by atoms with E-state index in [-0.39, 0.29) is 12.0 Å². The summed E-state index contributed by atoms with van der Waals surface area (Å²) in [6.45, 7) is 9.88. The third-order valence-electron chi connectivity index (χ3n) is 3.85. The van der Waals surface area contributed by atoms with Crippen LogP contribution in [0.3, 0.4) is 0 Å². The number of nitrogens with zero attached hydrogens (tertiary/aromatic N) is 1. The fourth-order valence-corrected chi connectivity index (χ4v) is 2.70. The van der Waals surface area contributed by atoms with Crippen LogP contribution in [0.5, 0.6) is 0 Å². The van der Waals surface area contributed by atoms with E-state index >= 15 is 0 Å². The maximum atomic E-state index is 11.4. The number of methoxy groups -OCH3 is 1. The highest BCUT2D eigenvalue weighted by molar-refractivity contribution is 5.69. The molecule has 106 valence electrons. The van der Waals surface area contributed by atoms with Crippen molar-refractivity contribution in [2.75, 3.05) is 26.7 Å². The first-order valence-electron chi connectivity index (χ1n) is 7.07. The lowest BCUT2D eigenvalue weighted by Crippen LogP contribution is -2.44. The lowest BCUT2D eigenvalue weighted by atomic mass is 9.96. The maximum absolute atomic E-state index is 11.4. The third-order valence-corrected chi connectivity index (χ3v) is 3.85. The lowest BCUT2D eigenvalue weighted by molar-refractivity contribution is -0.142. The van der Waals surface area contributed by atoms with Crippen molar-refractivity contribution in [3.05, 3.63) is 0 Å². The smallest absolute Gasteiger partial charge is 0.307 e. The lowest BCUT2D eigenvalue weighted by Gasteiger charge is -2.36. The summed E-state index contributed by atoms with van der Waals surface area (Å²) in [4.78, 5) is 13.8. The van der Waals surface area contributed by atoms with E-state index < -0.39 is 0 Å². The fourth-order valence-electron chi connectivity index (χ4n) is 2.70. The molecule has 1 aliphatic heterocycles. The van der Waals surface area contributed by atoms with E-state index in [1.807, 2.05) is 0 Å². The minimum absolute atomic E-state index is 0.113. The van der Waals surface area contributed by atoms with Gasteiger partial charge in [0.05, 0.1) is 13.5 Å². The number of hydrogen-bond donors (Lipinski definition) is 1. The van der Waals surface area contributed by atoms with Crippen LogP contribution in [-0.2, 0) is 9.53 Å². The van der Waals surface area contributed by atoms with Gasteiger partial charge in [-0.15, -0.1) is 0 Å². The summed E-state index contributed by atoms with van der Waals surface area (Å²) in [5.74, 6) is 0.646. The second kappa shape index (κ2) is 7.74. The monoisotopic (exact) mass is 256 g/mol. The molecule has 0 aromatic heterocycles. The number of carbonyl (C=O) groups is 1. The second-order valence-corrected chi connectivity index (χ2v) is 5.61. The zero-order chi connectivity index (χ0) is 13.5. The molecular weight excluding hydrogens is 228 g/mol. The van der Waals surface area contributed by atoms with Gasteiger partial charge in [0.25, 0.3) is 0 Å². The van der Waals surface area contributed by atoms with Crippen molar-refractivity contribution in [3.8, 4) is 0 Å². The molecule has 0 aliphatic carbocycles. The summed E-state index contributed by atoms with van der Waals surface area (Å²) in [5.41, 5.74) is 0. The van der Waals surface area contributed by atoms with Crippen LogP contribution in [0.2, 0.25) is 0 Å². The van der Waals surface area contributed by atoms with Crippen LogP contribution in [0.1, 0.15) is 40.0 Å². The molecule has 0 radical (unpaired) electrons. The van der Waals surface area contributed by atoms with Crippen molar-refractivity contribution in [1.29, 1.82) is 0 Å². The summed E-state index contributed by atoms with van der Waals surface area (Å²) in [7, 11) is 1.46. The number of esters is 1. The van der Waals surface area contributed by atoms with Crippen molar-refractivity contribution in [1.82, 2.24) is 10.2 Å². The van der Waals surface area contributed by atoms with Crippen molar-refractivity contribution >= 4 is 5.97 Å². The predicted molar refractivity (Wildman–Crippen MR) is 73.5 cm³/mol. The molecule has 4 heteroatoms. The van der Waals surface area contributed by atoms with Gasteiger partial charge in [-0.25, -0.2) is 0 Å². The Balaban J connectivity index is 2.49. The third kappa shape index (κ3) is 4.94. The molecule has 1 atom stereocenters. The molecule has 4 nitrogen and oxygen atoms in total. The number of carbonyl (C=O) groups excluding carboxylic acids is 1. The number of piperidine rings is 1. The summed E-state index contributed by atoms with van der Waals surface area (Å²) in [6.07, 6.45) is 2.97. The van der Waals surface area contributed by atoms with Gasteiger partial charge in [-0.1, -0.05) is 0 Å². The molecule has 0 spiro atoms. The zero-order valence-electron chi connectivity index (χ0n) is 12.2. The summed E-state index contributed by atoms with van der Waals surface area (Å²) >= 11 is 0. The van der Waals surface area contributed by atoms with Crippen LogP contribution in [0.15, 0.2) is 0 Å². The van der Waals surface area contributed by atoms with Gasteiger partial charge in [-0.05, 0) is 52.6 Å². The van der Waals surface area contributed by atoms with Crippen molar-refractivity contribution in [3.63, 3.8) is 0 Å². The Hall–Kier alpha value is -0.610. The Bertz CT molecular complexity index is 250. The van der Waals surface area contributed by atoms with E-state index in [0.29, 0.717) is 12.5 Å². The molecular formula is C14H28N2O2. The van der Waals surface area contributed by atoms with E-state index in [1.54, 1.807) is 0 Å². The van der Waals surface area contributed by atoms with Gasteiger partial charge in [0.2, 0.25) is 0 Å². The van der Waals surface area contributed by atoms with Crippen LogP contribution in [0, 0.1) is 5.92 Å². The first kappa shape index (κ1) is 15.4.